The summed E-state index contributed by atoms with van der Waals surface area (Å²) in [5.74, 6) is 2.42. The standard InChI is InChI=1S/C18H23ClO/c19-17-8-4-3-7-15(17)12-18(20)16-10-9-13-5-1-2-6-14(13)11-16/h3-4,7-8,13-14,16H,1-2,5-6,9-12H2. The van der Waals surface area contributed by atoms with E-state index in [9.17, 15) is 4.79 Å². The van der Waals surface area contributed by atoms with Crippen LogP contribution >= 0.6 is 11.6 Å². The summed E-state index contributed by atoms with van der Waals surface area (Å²) in [7, 11) is 0. The van der Waals surface area contributed by atoms with Crippen LogP contribution in [0.4, 0.5) is 0 Å². The van der Waals surface area contributed by atoms with Crippen molar-refractivity contribution in [2.75, 3.05) is 0 Å². The van der Waals surface area contributed by atoms with Crippen LogP contribution in [0.25, 0.3) is 0 Å². The van der Waals surface area contributed by atoms with Crippen LogP contribution in [0.15, 0.2) is 24.3 Å². The second-order valence-electron chi connectivity index (χ2n) is 6.55. The van der Waals surface area contributed by atoms with Crippen LogP contribution in [0.5, 0.6) is 0 Å². The number of benzene rings is 1. The van der Waals surface area contributed by atoms with Crippen molar-refractivity contribution in [1.82, 2.24) is 0 Å². The van der Waals surface area contributed by atoms with Crippen molar-refractivity contribution in [3.8, 4) is 0 Å². The lowest BCUT2D eigenvalue weighted by atomic mass is 9.66. The molecule has 0 N–H and O–H groups in total. The molecular formula is C18H23ClO. The molecule has 0 aliphatic heterocycles. The Hall–Kier alpha value is -0.820. The summed E-state index contributed by atoms with van der Waals surface area (Å²) in [6.07, 6.45) is 9.53. The zero-order valence-corrected chi connectivity index (χ0v) is 12.7. The van der Waals surface area contributed by atoms with Crippen LogP contribution in [0.2, 0.25) is 5.02 Å². The van der Waals surface area contributed by atoms with E-state index in [0.29, 0.717) is 12.2 Å². The Balaban J connectivity index is 1.62. The van der Waals surface area contributed by atoms with Gasteiger partial charge in [0.25, 0.3) is 0 Å². The number of ketones is 1. The van der Waals surface area contributed by atoms with Gasteiger partial charge in [0, 0.05) is 17.4 Å². The highest BCUT2D eigenvalue weighted by atomic mass is 35.5. The molecular weight excluding hydrogens is 268 g/mol. The van der Waals surface area contributed by atoms with Crippen LogP contribution in [-0.4, -0.2) is 5.78 Å². The summed E-state index contributed by atoms with van der Waals surface area (Å²) in [6.45, 7) is 0. The Bertz CT molecular complexity index is 482. The van der Waals surface area contributed by atoms with Crippen LogP contribution < -0.4 is 0 Å². The van der Waals surface area contributed by atoms with Crippen molar-refractivity contribution in [2.24, 2.45) is 17.8 Å². The van der Waals surface area contributed by atoms with Gasteiger partial charge in [0.2, 0.25) is 0 Å². The molecule has 20 heavy (non-hydrogen) atoms. The molecule has 0 heterocycles. The molecule has 3 atom stereocenters. The molecule has 0 radical (unpaired) electrons. The largest absolute Gasteiger partial charge is 0.299 e. The number of hydrogen-bond acceptors (Lipinski definition) is 1. The van der Waals surface area contributed by atoms with Crippen LogP contribution in [0.1, 0.15) is 50.5 Å². The minimum Gasteiger partial charge on any atom is -0.299 e. The molecule has 3 unspecified atom stereocenters. The molecule has 2 aliphatic carbocycles. The van der Waals surface area contributed by atoms with Crippen molar-refractivity contribution in [3.63, 3.8) is 0 Å². The number of rotatable bonds is 3. The molecule has 0 spiro atoms. The minimum absolute atomic E-state index is 0.283. The first-order valence-electron chi connectivity index (χ1n) is 8.00. The van der Waals surface area contributed by atoms with E-state index in [4.69, 9.17) is 11.6 Å². The number of fused-ring (bicyclic) bond motifs is 1. The first kappa shape index (κ1) is 14.1. The molecule has 2 fully saturated rings. The predicted octanol–water partition coefficient (Wildman–Crippen LogP) is 5.06. The third-order valence-electron chi connectivity index (χ3n) is 5.32. The number of halogens is 1. The Morgan fingerprint density at radius 3 is 2.60 bits per heavy atom. The summed E-state index contributed by atoms with van der Waals surface area (Å²) in [5.41, 5.74) is 0.991. The summed E-state index contributed by atoms with van der Waals surface area (Å²) in [5, 5.41) is 0.729. The monoisotopic (exact) mass is 290 g/mol. The van der Waals surface area contributed by atoms with Gasteiger partial charge in [-0.05, 0) is 42.7 Å². The first-order chi connectivity index (χ1) is 9.74. The third-order valence-corrected chi connectivity index (χ3v) is 5.69. The molecule has 2 aliphatic rings. The zero-order chi connectivity index (χ0) is 13.9. The van der Waals surface area contributed by atoms with Gasteiger partial charge in [0.05, 0.1) is 0 Å². The van der Waals surface area contributed by atoms with E-state index < -0.39 is 0 Å². The zero-order valence-electron chi connectivity index (χ0n) is 12.0. The minimum atomic E-state index is 0.283. The van der Waals surface area contributed by atoms with Gasteiger partial charge in [0.1, 0.15) is 5.78 Å². The smallest absolute Gasteiger partial charge is 0.140 e. The number of carbonyl (C=O) groups is 1. The van der Waals surface area contributed by atoms with E-state index in [1.54, 1.807) is 0 Å². The average Bonchev–Trinajstić information content (AvgIpc) is 2.49. The summed E-state index contributed by atoms with van der Waals surface area (Å²) in [6, 6.07) is 7.74. The molecule has 2 saturated carbocycles. The van der Waals surface area contributed by atoms with E-state index in [1.165, 1.54) is 32.1 Å². The van der Waals surface area contributed by atoms with E-state index in [1.807, 2.05) is 24.3 Å². The number of Topliss-reactive ketones (excluding diaryl/α,β-unsaturated/α-hetero) is 1. The van der Waals surface area contributed by atoms with Crippen LogP contribution in [0, 0.1) is 17.8 Å². The van der Waals surface area contributed by atoms with Crippen molar-refractivity contribution < 1.29 is 4.79 Å². The first-order valence-corrected chi connectivity index (χ1v) is 8.38. The summed E-state index contributed by atoms with van der Waals surface area (Å²) >= 11 is 6.17. The molecule has 1 aromatic carbocycles. The highest BCUT2D eigenvalue weighted by Gasteiger charge is 2.34. The SMILES string of the molecule is O=C(Cc1ccccc1Cl)C1CCC2CCCCC2C1. The van der Waals surface area contributed by atoms with Crippen LogP contribution in [-0.2, 0) is 11.2 Å². The van der Waals surface area contributed by atoms with E-state index >= 15 is 0 Å². The van der Waals surface area contributed by atoms with E-state index in [2.05, 4.69) is 0 Å². The lowest BCUT2D eigenvalue weighted by Gasteiger charge is -2.38. The molecule has 3 rings (SSSR count). The molecule has 1 aromatic rings. The van der Waals surface area contributed by atoms with Gasteiger partial charge in [-0.15, -0.1) is 0 Å². The maximum atomic E-state index is 12.5. The summed E-state index contributed by atoms with van der Waals surface area (Å²) < 4.78 is 0. The topological polar surface area (TPSA) is 17.1 Å². The van der Waals surface area contributed by atoms with E-state index in [-0.39, 0.29) is 5.92 Å². The van der Waals surface area contributed by atoms with Gasteiger partial charge in [-0.2, -0.15) is 0 Å². The fraction of sp³-hybridized carbons (Fsp3) is 0.611. The van der Waals surface area contributed by atoms with Crippen LogP contribution in [0.3, 0.4) is 0 Å². The molecule has 0 aromatic heterocycles. The Kier molecular flexibility index (Phi) is 4.45. The highest BCUT2D eigenvalue weighted by Crippen LogP contribution is 2.43. The molecule has 0 saturated heterocycles. The number of hydrogen-bond donors (Lipinski definition) is 0. The molecule has 108 valence electrons. The van der Waals surface area contributed by atoms with Gasteiger partial charge < -0.3 is 0 Å². The third kappa shape index (κ3) is 3.09. The quantitative estimate of drug-likeness (QED) is 0.760. The number of carbonyl (C=O) groups excluding carboxylic acids is 1. The van der Waals surface area contributed by atoms with Gasteiger partial charge in [-0.1, -0.05) is 55.5 Å². The fourth-order valence-corrected chi connectivity index (χ4v) is 4.34. The van der Waals surface area contributed by atoms with Crippen molar-refractivity contribution >= 4 is 17.4 Å². The van der Waals surface area contributed by atoms with Gasteiger partial charge in [-0.25, -0.2) is 0 Å². The molecule has 2 heteroatoms. The average molecular weight is 291 g/mol. The second-order valence-corrected chi connectivity index (χ2v) is 6.96. The lowest BCUT2D eigenvalue weighted by Crippen LogP contribution is -2.31. The lowest BCUT2D eigenvalue weighted by molar-refractivity contribution is -0.124. The molecule has 0 amide bonds. The van der Waals surface area contributed by atoms with Crippen molar-refractivity contribution in [2.45, 2.75) is 51.4 Å². The second kappa shape index (κ2) is 6.30. The summed E-state index contributed by atoms with van der Waals surface area (Å²) in [4.78, 5) is 12.5. The van der Waals surface area contributed by atoms with Crippen molar-refractivity contribution in [3.05, 3.63) is 34.9 Å². The maximum absolute atomic E-state index is 12.5. The normalized spacial score (nSPS) is 29.8. The van der Waals surface area contributed by atoms with Gasteiger partial charge in [0.15, 0.2) is 0 Å². The Morgan fingerprint density at radius 1 is 1.05 bits per heavy atom. The van der Waals surface area contributed by atoms with E-state index in [0.717, 1.165) is 35.3 Å². The molecule has 1 nitrogen and oxygen atoms in total. The predicted molar refractivity (Wildman–Crippen MR) is 83.0 cm³/mol. The van der Waals surface area contributed by atoms with Gasteiger partial charge in [-0.3, -0.25) is 4.79 Å². The molecule has 0 bridgehead atoms. The Labute approximate surface area is 126 Å². The maximum Gasteiger partial charge on any atom is 0.140 e. The Morgan fingerprint density at radius 2 is 1.80 bits per heavy atom. The van der Waals surface area contributed by atoms with Crippen molar-refractivity contribution in [1.29, 1.82) is 0 Å². The highest BCUT2D eigenvalue weighted by molar-refractivity contribution is 6.31. The fourth-order valence-electron chi connectivity index (χ4n) is 4.14. The van der Waals surface area contributed by atoms with Gasteiger partial charge >= 0.3 is 0 Å².